The number of nitrogens with zero attached hydrogens (tertiary/aromatic N) is 6. The Morgan fingerprint density at radius 2 is 1.95 bits per heavy atom. The molecule has 3 aliphatic heterocycles. The molecule has 0 unspecified atom stereocenters. The van der Waals surface area contributed by atoms with Crippen LogP contribution in [0.15, 0.2) is 39.9 Å². The summed E-state index contributed by atoms with van der Waals surface area (Å²) in [5.74, 6) is -0.780. The maximum atomic E-state index is 14.7. The standard InChI is InChI=1S/C26H30F3N7O2/c1-15-14-36-25(31-15)20(26(38)32-16(2)18-5-4-6-19(23(18)27)24(28)29)13-21(33-36)35-11-8-17(9-12-35)34(3)22(37)7-10-30/h4-6,13,15-17,24H,7-9,11-12,14H2,1-3H3,(H,32,38)/t15-,16-/m1/s1. The van der Waals surface area contributed by atoms with Gasteiger partial charge in [-0.15, -0.1) is 0 Å². The summed E-state index contributed by atoms with van der Waals surface area (Å²) in [6.45, 7) is 5.12. The molecule has 0 saturated carbocycles. The molecule has 0 spiro atoms. The second-order valence-corrected chi connectivity index (χ2v) is 9.70. The van der Waals surface area contributed by atoms with Crippen molar-refractivity contribution in [1.82, 2.24) is 20.1 Å². The number of likely N-dealkylation sites (tertiary alicyclic amines) is 1. The first kappa shape index (κ1) is 27.2. The monoisotopic (exact) mass is 529 g/mol. The van der Waals surface area contributed by atoms with E-state index >= 15 is 0 Å². The quantitative estimate of drug-likeness (QED) is 0.610. The smallest absolute Gasteiger partial charge is 0.266 e. The number of halogens is 3. The number of hydrogen-bond acceptors (Lipinski definition) is 7. The van der Waals surface area contributed by atoms with Gasteiger partial charge >= 0.3 is 0 Å². The summed E-state index contributed by atoms with van der Waals surface area (Å²) < 4.78 is 41.0. The Morgan fingerprint density at radius 1 is 1.26 bits per heavy atom. The van der Waals surface area contributed by atoms with E-state index in [0.717, 1.165) is 6.07 Å². The molecule has 12 heteroatoms. The van der Waals surface area contributed by atoms with Crippen LogP contribution >= 0.6 is 0 Å². The highest BCUT2D eigenvalue weighted by atomic mass is 19.3. The maximum absolute atomic E-state index is 14.7. The number of piperidine rings is 1. The molecule has 4 rings (SSSR count). The number of alkyl halides is 2. The highest BCUT2D eigenvalue weighted by Crippen LogP contribution is 2.28. The summed E-state index contributed by atoms with van der Waals surface area (Å²) in [7, 11) is 1.70. The van der Waals surface area contributed by atoms with Crippen molar-refractivity contribution in [3.05, 3.63) is 46.8 Å². The Kier molecular flexibility index (Phi) is 8.04. The number of nitrogens with one attached hydrogen (secondary N) is 1. The van der Waals surface area contributed by atoms with Gasteiger partial charge in [-0.2, -0.15) is 10.4 Å². The lowest BCUT2D eigenvalue weighted by molar-refractivity contribution is -0.131. The fraction of sp³-hybridized carbons (Fsp3) is 0.500. The van der Waals surface area contributed by atoms with Gasteiger partial charge in [-0.05, 0) is 32.8 Å². The number of hydrogen-bond donors (Lipinski definition) is 1. The first-order chi connectivity index (χ1) is 18.1. The normalized spacial score (nSPS) is 20.3. The summed E-state index contributed by atoms with van der Waals surface area (Å²) >= 11 is 0. The van der Waals surface area contributed by atoms with E-state index in [4.69, 9.17) is 5.26 Å². The van der Waals surface area contributed by atoms with Crippen LogP contribution in [0.2, 0.25) is 0 Å². The van der Waals surface area contributed by atoms with Gasteiger partial charge in [0.15, 0.2) is 5.84 Å². The molecular weight excluding hydrogens is 499 g/mol. The van der Waals surface area contributed by atoms with E-state index in [9.17, 15) is 22.8 Å². The van der Waals surface area contributed by atoms with E-state index in [1.165, 1.54) is 19.1 Å². The molecule has 0 aliphatic carbocycles. The second-order valence-electron chi connectivity index (χ2n) is 9.70. The van der Waals surface area contributed by atoms with Gasteiger partial charge < -0.3 is 15.1 Å². The van der Waals surface area contributed by atoms with Gasteiger partial charge in [-0.25, -0.2) is 18.2 Å². The first-order valence-corrected chi connectivity index (χ1v) is 12.5. The van der Waals surface area contributed by atoms with Crippen LogP contribution in [0.4, 0.5) is 13.2 Å². The summed E-state index contributed by atoms with van der Waals surface area (Å²) in [6, 6.07) is 4.67. The Morgan fingerprint density at radius 3 is 2.61 bits per heavy atom. The number of hydrazone groups is 1. The van der Waals surface area contributed by atoms with E-state index in [1.807, 2.05) is 17.9 Å². The predicted molar refractivity (Wildman–Crippen MR) is 135 cm³/mol. The summed E-state index contributed by atoms with van der Waals surface area (Å²) in [5, 5.41) is 17.9. The van der Waals surface area contributed by atoms with Crippen LogP contribution in [0.5, 0.6) is 0 Å². The average Bonchev–Trinajstić information content (AvgIpc) is 3.27. The Hall–Kier alpha value is -3.88. The van der Waals surface area contributed by atoms with Crippen molar-refractivity contribution in [2.24, 2.45) is 10.1 Å². The molecular formula is C26H30F3N7O2. The number of fused-ring (bicyclic) bond motifs is 1. The van der Waals surface area contributed by atoms with Gasteiger partial charge in [-0.1, -0.05) is 18.2 Å². The highest BCUT2D eigenvalue weighted by molar-refractivity contribution is 6.25. The van der Waals surface area contributed by atoms with Gasteiger partial charge in [-0.3, -0.25) is 14.6 Å². The molecule has 2 atom stereocenters. The summed E-state index contributed by atoms with van der Waals surface area (Å²) in [4.78, 5) is 33.7. The highest BCUT2D eigenvalue weighted by Gasteiger charge is 2.35. The molecule has 38 heavy (non-hydrogen) atoms. The zero-order valence-electron chi connectivity index (χ0n) is 21.5. The van der Waals surface area contributed by atoms with Crippen molar-refractivity contribution in [3.8, 4) is 6.07 Å². The van der Waals surface area contributed by atoms with Crippen molar-refractivity contribution in [3.63, 3.8) is 0 Å². The third kappa shape index (κ3) is 5.51. The van der Waals surface area contributed by atoms with Crippen LogP contribution in [0.3, 0.4) is 0 Å². The van der Waals surface area contributed by atoms with Crippen LogP contribution in [0.25, 0.3) is 0 Å². The van der Waals surface area contributed by atoms with Gasteiger partial charge in [0.05, 0.1) is 35.8 Å². The Labute approximate surface area is 219 Å². The molecule has 1 aromatic rings. The lowest BCUT2D eigenvalue weighted by atomic mass is 10.0. The number of amides is 2. The van der Waals surface area contributed by atoms with Crippen LogP contribution in [-0.2, 0) is 9.59 Å². The number of amidine groups is 2. The van der Waals surface area contributed by atoms with Gasteiger partial charge in [0.25, 0.3) is 12.3 Å². The second kappa shape index (κ2) is 11.2. The third-order valence-electron chi connectivity index (χ3n) is 7.07. The van der Waals surface area contributed by atoms with E-state index in [2.05, 4.69) is 15.4 Å². The van der Waals surface area contributed by atoms with Crippen molar-refractivity contribution in [2.45, 2.75) is 57.7 Å². The van der Waals surface area contributed by atoms with Crippen LogP contribution in [0, 0.1) is 17.1 Å². The molecule has 9 nitrogen and oxygen atoms in total. The summed E-state index contributed by atoms with van der Waals surface area (Å²) in [6.07, 6.45) is -0.123. The molecule has 0 bridgehead atoms. The molecule has 0 radical (unpaired) electrons. The van der Waals surface area contributed by atoms with Crippen LogP contribution in [0.1, 0.15) is 56.7 Å². The van der Waals surface area contributed by atoms with Crippen LogP contribution < -0.4 is 5.32 Å². The fourth-order valence-corrected chi connectivity index (χ4v) is 4.92. The molecule has 1 N–H and O–H groups in total. The fourth-order valence-electron chi connectivity index (χ4n) is 4.92. The van der Waals surface area contributed by atoms with Gasteiger partial charge in [0.1, 0.15) is 18.1 Å². The number of carbonyl (C=O) groups is 2. The minimum absolute atomic E-state index is 0.00622. The van der Waals surface area contributed by atoms with Gasteiger partial charge in [0, 0.05) is 31.7 Å². The zero-order valence-corrected chi connectivity index (χ0v) is 21.5. The largest absolute Gasteiger partial charge is 0.355 e. The lowest BCUT2D eigenvalue weighted by Gasteiger charge is -2.38. The van der Waals surface area contributed by atoms with Gasteiger partial charge in [0.2, 0.25) is 5.91 Å². The molecule has 2 amide bonds. The topological polar surface area (TPSA) is 104 Å². The first-order valence-electron chi connectivity index (χ1n) is 12.5. The molecule has 202 valence electrons. The number of benzene rings is 1. The SMILES string of the molecule is C[C@@H]1CN2N=C(N3CCC(N(C)C(=O)CC#N)CC3)C=C(C(=O)N[C@H](C)c3cccc(C(F)F)c3F)C2=N1. The molecule has 0 aromatic heterocycles. The van der Waals surface area contributed by atoms with E-state index in [0.29, 0.717) is 44.1 Å². The molecule has 3 heterocycles. The van der Waals surface area contributed by atoms with E-state index in [1.54, 1.807) is 23.0 Å². The zero-order chi connectivity index (χ0) is 27.6. The molecule has 1 fully saturated rings. The molecule has 3 aliphatic rings. The number of rotatable bonds is 6. The Bertz CT molecular complexity index is 1230. The minimum Gasteiger partial charge on any atom is -0.355 e. The number of nitriles is 1. The predicted octanol–water partition coefficient (Wildman–Crippen LogP) is 3.13. The van der Waals surface area contributed by atoms with Crippen molar-refractivity contribution >= 4 is 23.5 Å². The van der Waals surface area contributed by atoms with Crippen LogP contribution in [-0.4, -0.2) is 77.1 Å². The third-order valence-corrected chi connectivity index (χ3v) is 7.07. The molecule has 1 aromatic carbocycles. The van der Waals surface area contributed by atoms with Crippen molar-refractivity contribution in [1.29, 1.82) is 5.26 Å². The molecule has 1 saturated heterocycles. The maximum Gasteiger partial charge on any atom is 0.266 e. The lowest BCUT2D eigenvalue weighted by Crippen LogP contribution is -2.48. The number of carbonyl (C=O) groups excluding carboxylic acids is 2. The minimum atomic E-state index is -2.96. The Balaban J connectivity index is 1.51. The number of aliphatic imine (C=N–C) groups is 1. The van der Waals surface area contributed by atoms with E-state index < -0.39 is 29.8 Å². The van der Waals surface area contributed by atoms with Crippen molar-refractivity contribution < 1.29 is 22.8 Å². The summed E-state index contributed by atoms with van der Waals surface area (Å²) in [5.41, 5.74) is -0.476. The average molecular weight is 530 g/mol. The van der Waals surface area contributed by atoms with E-state index in [-0.39, 0.29) is 35.5 Å². The van der Waals surface area contributed by atoms with Crippen molar-refractivity contribution in [2.75, 3.05) is 26.7 Å².